The molecule has 0 saturated carbocycles. The Morgan fingerprint density at radius 3 is 3.17 bits per heavy atom. The number of hydrogen-bond acceptors (Lipinski definition) is 4. The predicted molar refractivity (Wildman–Crippen MR) is 73.4 cm³/mol. The fraction of sp³-hybridized carbons (Fsp3) is 0.462. The number of ketones is 1. The van der Waals surface area contributed by atoms with E-state index in [-0.39, 0.29) is 5.78 Å². The summed E-state index contributed by atoms with van der Waals surface area (Å²) in [6.45, 7) is 1.65. The van der Waals surface area contributed by atoms with Crippen molar-refractivity contribution < 1.29 is 4.79 Å². The quantitative estimate of drug-likeness (QED) is 0.787. The van der Waals surface area contributed by atoms with Crippen LogP contribution in [-0.4, -0.2) is 15.8 Å². The topological polar surface area (TPSA) is 42.9 Å². The summed E-state index contributed by atoms with van der Waals surface area (Å²) in [7, 11) is 0. The lowest BCUT2D eigenvalue weighted by Crippen LogP contribution is -2.11. The minimum absolute atomic E-state index is 0.236. The average Bonchev–Trinajstić information content (AvgIpc) is 2.69. The van der Waals surface area contributed by atoms with Crippen LogP contribution in [0, 0.1) is 0 Å². The number of carbonyl (C=O) groups is 1. The molecular formula is C13H13ClN2OS. The van der Waals surface area contributed by atoms with E-state index in [1.165, 1.54) is 16.8 Å². The van der Waals surface area contributed by atoms with Gasteiger partial charge in [-0.1, -0.05) is 11.6 Å². The van der Waals surface area contributed by atoms with Gasteiger partial charge in [-0.05, 0) is 37.7 Å². The largest absolute Gasteiger partial charge is 0.300 e. The molecule has 18 heavy (non-hydrogen) atoms. The van der Waals surface area contributed by atoms with Crippen LogP contribution >= 0.6 is 22.9 Å². The van der Waals surface area contributed by atoms with Gasteiger partial charge >= 0.3 is 0 Å². The van der Waals surface area contributed by atoms with Crippen molar-refractivity contribution in [3.05, 3.63) is 21.9 Å². The number of aryl methyl sites for hydroxylation is 1. The van der Waals surface area contributed by atoms with Crippen molar-refractivity contribution >= 4 is 38.9 Å². The Morgan fingerprint density at radius 1 is 1.56 bits per heavy atom. The lowest BCUT2D eigenvalue weighted by atomic mass is 9.83. The van der Waals surface area contributed by atoms with Crippen molar-refractivity contribution in [3.8, 4) is 0 Å². The molecule has 0 saturated heterocycles. The van der Waals surface area contributed by atoms with Crippen LogP contribution in [0.3, 0.4) is 0 Å². The Hall–Kier alpha value is -1.00. The third-order valence-corrected chi connectivity index (χ3v) is 4.91. The second-order valence-corrected chi connectivity index (χ2v) is 6.22. The van der Waals surface area contributed by atoms with Gasteiger partial charge in [0.05, 0.1) is 5.39 Å². The van der Waals surface area contributed by atoms with Crippen molar-refractivity contribution in [2.45, 2.75) is 38.5 Å². The van der Waals surface area contributed by atoms with Gasteiger partial charge < -0.3 is 4.79 Å². The van der Waals surface area contributed by atoms with Crippen LogP contribution in [0.2, 0.25) is 5.15 Å². The highest BCUT2D eigenvalue weighted by Gasteiger charge is 2.27. The van der Waals surface area contributed by atoms with Crippen LogP contribution in [0.1, 0.15) is 42.5 Å². The number of Topliss-reactive ketones (excluding diaryl/α,β-unsaturated/α-hetero) is 1. The summed E-state index contributed by atoms with van der Waals surface area (Å²) in [6.07, 6.45) is 5.38. The lowest BCUT2D eigenvalue weighted by Gasteiger charge is -2.22. The minimum atomic E-state index is 0.236. The third kappa shape index (κ3) is 1.93. The number of aromatic nitrogens is 2. The first-order valence-corrected chi connectivity index (χ1v) is 7.27. The molecule has 1 aliphatic carbocycles. The maximum atomic E-state index is 11.4. The van der Waals surface area contributed by atoms with Crippen molar-refractivity contribution in [2.24, 2.45) is 0 Å². The fourth-order valence-corrected chi connectivity index (χ4v) is 4.34. The Morgan fingerprint density at radius 2 is 2.39 bits per heavy atom. The first-order valence-electron chi connectivity index (χ1n) is 6.08. The maximum Gasteiger partial charge on any atom is 0.141 e. The van der Waals surface area contributed by atoms with E-state index in [0.717, 1.165) is 29.5 Å². The summed E-state index contributed by atoms with van der Waals surface area (Å²) in [5, 5.41) is 1.50. The molecule has 1 aliphatic rings. The molecule has 2 aromatic rings. The highest BCUT2D eigenvalue weighted by Crippen LogP contribution is 2.44. The number of rotatable bonds is 2. The number of halogens is 1. The smallest absolute Gasteiger partial charge is 0.141 e. The van der Waals surface area contributed by atoms with E-state index in [0.29, 0.717) is 17.5 Å². The van der Waals surface area contributed by atoms with E-state index >= 15 is 0 Å². The molecule has 0 aromatic carbocycles. The van der Waals surface area contributed by atoms with Crippen molar-refractivity contribution in [3.63, 3.8) is 0 Å². The van der Waals surface area contributed by atoms with Gasteiger partial charge in [-0.15, -0.1) is 11.3 Å². The fourth-order valence-electron chi connectivity index (χ4n) is 2.79. The van der Waals surface area contributed by atoms with Crippen molar-refractivity contribution in [1.82, 2.24) is 9.97 Å². The van der Waals surface area contributed by atoms with Gasteiger partial charge in [0.2, 0.25) is 0 Å². The highest BCUT2D eigenvalue weighted by molar-refractivity contribution is 7.19. The number of nitrogens with zero attached hydrogens (tertiary/aromatic N) is 2. The standard InChI is InChI=1S/C13H13ClN2OS/c1-7(17)5-8-3-2-4-9-10(8)11-12(14)15-6-16-13(11)18-9/h6,8H,2-5H2,1H3/t8-/m0/s1. The molecule has 2 heterocycles. The Bertz CT molecular complexity index is 623. The molecule has 3 rings (SSSR count). The molecule has 1 atom stereocenters. The molecular weight excluding hydrogens is 268 g/mol. The molecule has 0 amide bonds. The molecule has 0 unspecified atom stereocenters. The molecule has 0 spiro atoms. The number of fused-ring (bicyclic) bond motifs is 3. The molecule has 5 heteroatoms. The predicted octanol–water partition coefficient (Wildman–Crippen LogP) is 3.74. The maximum absolute atomic E-state index is 11.4. The van der Waals surface area contributed by atoms with E-state index in [4.69, 9.17) is 11.6 Å². The van der Waals surface area contributed by atoms with Gasteiger partial charge in [0.1, 0.15) is 22.1 Å². The van der Waals surface area contributed by atoms with Crippen LogP contribution in [0.5, 0.6) is 0 Å². The summed E-state index contributed by atoms with van der Waals surface area (Å²) < 4.78 is 0. The summed E-state index contributed by atoms with van der Waals surface area (Å²) >= 11 is 7.91. The van der Waals surface area contributed by atoms with Gasteiger partial charge in [0.15, 0.2) is 0 Å². The number of hydrogen-bond donors (Lipinski definition) is 0. The summed E-state index contributed by atoms with van der Waals surface area (Å²) in [6, 6.07) is 0. The monoisotopic (exact) mass is 280 g/mol. The van der Waals surface area contributed by atoms with Gasteiger partial charge in [0, 0.05) is 11.3 Å². The van der Waals surface area contributed by atoms with Crippen LogP contribution in [0.15, 0.2) is 6.33 Å². The zero-order valence-electron chi connectivity index (χ0n) is 10.1. The number of carbonyl (C=O) groups excluding carboxylic acids is 1. The molecule has 2 aromatic heterocycles. The molecule has 0 aliphatic heterocycles. The summed E-state index contributed by atoms with van der Waals surface area (Å²) in [4.78, 5) is 22.1. The molecule has 3 nitrogen and oxygen atoms in total. The zero-order valence-corrected chi connectivity index (χ0v) is 11.6. The second kappa shape index (κ2) is 4.59. The first-order chi connectivity index (χ1) is 8.66. The second-order valence-electron chi connectivity index (χ2n) is 4.78. The summed E-state index contributed by atoms with van der Waals surface area (Å²) in [5.74, 6) is 0.531. The van der Waals surface area contributed by atoms with E-state index in [2.05, 4.69) is 9.97 Å². The minimum Gasteiger partial charge on any atom is -0.300 e. The molecule has 0 fully saturated rings. The van der Waals surface area contributed by atoms with Gasteiger partial charge in [-0.25, -0.2) is 9.97 Å². The van der Waals surface area contributed by atoms with Crippen molar-refractivity contribution in [1.29, 1.82) is 0 Å². The van der Waals surface area contributed by atoms with Gasteiger partial charge in [0.25, 0.3) is 0 Å². The highest BCUT2D eigenvalue weighted by atomic mass is 35.5. The van der Waals surface area contributed by atoms with Gasteiger partial charge in [-0.3, -0.25) is 0 Å². The molecule has 94 valence electrons. The van der Waals surface area contributed by atoms with Crippen LogP contribution in [-0.2, 0) is 11.2 Å². The van der Waals surface area contributed by atoms with E-state index in [1.54, 1.807) is 18.3 Å². The Balaban J connectivity index is 2.20. The zero-order chi connectivity index (χ0) is 12.7. The van der Waals surface area contributed by atoms with Gasteiger partial charge in [-0.2, -0.15) is 0 Å². The lowest BCUT2D eigenvalue weighted by molar-refractivity contribution is -0.117. The van der Waals surface area contributed by atoms with E-state index < -0.39 is 0 Å². The van der Waals surface area contributed by atoms with E-state index in [9.17, 15) is 4.79 Å². The van der Waals surface area contributed by atoms with Crippen LogP contribution in [0.4, 0.5) is 0 Å². The summed E-state index contributed by atoms with van der Waals surface area (Å²) in [5.41, 5.74) is 1.24. The third-order valence-electron chi connectivity index (χ3n) is 3.45. The van der Waals surface area contributed by atoms with Crippen LogP contribution < -0.4 is 0 Å². The molecule has 0 bridgehead atoms. The molecule has 0 N–H and O–H groups in total. The normalized spacial score (nSPS) is 18.9. The molecule has 0 radical (unpaired) electrons. The Kier molecular flexibility index (Phi) is 3.08. The number of thiophene rings is 1. The van der Waals surface area contributed by atoms with Crippen LogP contribution in [0.25, 0.3) is 10.2 Å². The average molecular weight is 281 g/mol. The van der Waals surface area contributed by atoms with E-state index in [1.807, 2.05) is 0 Å². The van der Waals surface area contributed by atoms with Crippen molar-refractivity contribution in [2.75, 3.05) is 0 Å². The SMILES string of the molecule is CC(=O)C[C@@H]1CCCc2sc3ncnc(Cl)c3c21. The Labute approximate surface area is 114 Å². The first kappa shape index (κ1) is 12.1.